The molecule has 2 heteroatoms. The van der Waals surface area contributed by atoms with Gasteiger partial charge in [-0.3, -0.25) is 4.79 Å². The number of carbonyl (C=O) groups is 1. The molecule has 0 rings (SSSR count). The van der Waals surface area contributed by atoms with Gasteiger partial charge in [0.15, 0.2) is 0 Å². The maximum Gasteiger partial charge on any atom is 0.305 e. The summed E-state index contributed by atoms with van der Waals surface area (Å²) in [6.07, 6.45) is 6.18. The van der Waals surface area contributed by atoms with E-state index in [1.807, 2.05) is 0 Å². The average molecular weight is 171 g/mol. The van der Waals surface area contributed by atoms with E-state index in [4.69, 9.17) is 4.74 Å². The fourth-order valence-corrected chi connectivity index (χ4v) is 0.964. The summed E-state index contributed by atoms with van der Waals surface area (Å²) in [4.78, 5) is 10.6. The Hall–Kier alpha value is -0.530. The van der Waals surface area contributed by atoms with E-state index >= 15 is 0 Å². The second-order valence-electron chi connectivity index (χ2n) is 2.88. The normalized spacial score (nSPS) is 9.83. The average Bonchev–Trinajstić information content (AvgIpc) is 2.10. The highest BCUT2D eigenvalue weighted by atomic mass is 16.5. The quantitative estimate of drug-likeness (QED) is 0.435. The van der Waals surface area contributed by atoms with Gasteiger partial charge in [0, 0.05) is 6.42 Å². The summed E-state index contributed by atoms with van der Waals surface area (Å²) >= 11 is 0. The lowest BCUT2D eigenvalue weighted by Gasteiger charge is -2.02. The van der Waals surface area contributed by atoms with Crippen molar-refractivity contribution in [3.8, 4) is 0 Å². The summed E-state index contributed by atoms with van der Waals surface area (Å²) in [7, 11) is 0. The van der Waals surface area contributed by atoms with Crippen LogP contribution in [0.1, 0.15) is 45.4 Å². The van der Waals surface area contributed by atoms with E-state index in [1.165, 1.54) is 19.3 Å². The van der Waals surface area contributed by atoms with Crippen LogP contribution >= 0.6 is 0 Å². The smallest absolute Gasteiger partial charge is 0.305 e. The molecule has 0 aliphatic heterocycles. The lowest BCUT2D eigenvalue weighted by atomic mass is 10.2. The topological polar surface area (TPSA) is 26.3 Å². The van der Waals surface area contributed by atoms with Crippen molar-refractivity contribution in [1.29, 1.82) is 0 Å². The molecule has 0 N–H and O–H groups in total. The number of rotatable bonds is 7. The van der Waals surface area contributed by atoms with Gasteiger partial charge in [0.2, 0.25) is 0 Å². The predicted octanol–water partition coefficient (Wildman–Crippen LogP) is 2.72. The third-order valence-corrected chi connectivity index (χ3v) is 1.72. The van der Waals surface area contributed by atoms with Gasteiger partial charge in [0.05, 0.1) is 6.61 Å². The number of ether oxygens (including phenoxy) is 1. The SMILES string of the molecule is [CH2]CC(=O)OCCCCCCC. The van der Waals surface area contributed by atoms with Crippen molar-refractivity contribution < 1.29 is 9.53 Å². The minimum absolute atomic E-state index is 0.189. The Morgan fingerprint density at radius 1 is 1.25 bits per heavy atom. The van der Waals surface area contributed by atoms with Gasteiger partial charge in [-0.15, -0.1) is 0 Å². The maximum absolute atomic E-state index is 10.6. The van der Waals surface area contributed by atoms with Crippen LogP contribution in [0, 0.1) is 6.92 Å². The zero-order valence-electron chi connectivity index (χ0n) is 7.97. The Balaban J connectivity index is 2.95. The Morgan fingerprint density at radius 3 is 2.50 bits per heavy atom. The van der Waals surface area contributed by atoms with Crippen LogP contribution in [0.2, 0.25) is 0 Å². The molecule has 0 amide bonds. The molecule has 1 radical (unpaired) electrons. The van der Waals surface area contributed by atoms with E-state index in [2.05, 4.69) is 13.8 Å². The molecule has 0 atom stereocenters. The lowest BCUT2D eigenvalue weighted by Crippen LogP contribution is -2.03. The van der Waals surface area contributed by atoms with E-state index in [-0.39, 0.29) is 12.4 Å². The van der Waals surface area contributed by atoms with E-state index in [0.29, 0.717) is 6.61 Å². The largest absolute Gasteiger partial charge is 0.466 e. The van der Waals surface area contributed by atoms with Crippen LogP contribution in [0.3, 0.4) is 0 Å². The summed E-state index contributed by atoms with van der Waals surface area (Å²) in [5, 5.41) is 0. The summed E-state index contributed by atoms with van der Waals surface area (Å²) in [5.41, 5.74) is 0. The van der Waals surface area contributed by atoms with Gasteiger partial charge in [-0.05, 0) is 13.3 Å². The first-order chi connectivity index (χ1) is 5.81. The molecule has 0 bridgehead atoms. The van der Waals surface area contributed by atoms with Crippen LogP contribution in [-0.4, -0.2) is 12.6 Å². The van der Waals surface area contributed by atoms with Crippen LogP contribution in [0.15, 0.2) is 0 Å². The number of unbranched alkanes of at least 4 members (excludes halogenated alkanes) is 4. The molecule has 0 fully saturated rings. The highest BCUT2D eigenvalue weighted by molar-refractivity contribution is 5.69. The van der Waals surface area contributed by atoms with Gasteiger partial charge < -0.3 is 4.74 Å². The number of hydrogen-bond acceptors (Lipinski definition) is 2. The fourth-order valence-electron chi connectivity index (χ4n) is 0.964. The van der Waals surface area contributed by atoms with Gasteiger partial charge in [-0.2, -0.15) is 0 Å². The Morgan fingerprint density at radius 2 is 1.92 bits per heavy atom. The van der Waals surface area contributed by atoms with Crippen molar-refractivity contribution >= 4 is 5.97 Å². The van der Waals surface area contributed by atoms with Gasteiger partial charge in [-0.1, -0.05) is 32.6 Å². The van der Waals surface area contributed by atoms with Crippen LogP contribution < -0.4 is 0 Å². The Bertz CT molecular complexity index is 110. The second-order valence-corrected chi connectivity index (χ2v) is 2.88. The zero-order chi connectivity index (χ0) is 9.23. The van der Waals surface area contributed by atoms with Crippen molar-refractivity contribution in [1.82, 2.24) is 0 Å². The fraction of sp³-hybridized carbons (Fsp3) is 0.800. The second kappa shape index (κ2) is 8.57. The third-order valence-electron chi connectivity index (χ3n) is 1.72. The molecule has 0 saturated heterocycles. The molecule has 0 heterocycles. The van der Waals surface area contributed by atoms with Crippen molar-refractivity contribution in [2.24, 2.45) is 0 Å². The molecule has 0 spiro atoms. The maximum atomic E-state index is 10.6. The number of esters is 1. The van der Waals surface area contributed by atoms with Crippen LogP contribution in [0.5, 0.6) is 0 Å². The monoisotopic (exact) mass is 171 g/mol. The van der Waals surface area contributed by atoms with Crippen molar-refractivity contribution in [2.75, 3.05) is 6.61 Å². The summed E-state index contributed by atoms with van der Waals surface area (Å²) < 4.78 is 4.87. The van der Waals surface area contributed by atoms with Crippen LogP contribution in [0.4, 0.5) is 0 Å². The Kier molecular flexibility index (Phi) is 8.19. The van der Waals surface area contributed by atoms with E-state index in [9.17, 15) is 4.79 Å². The van der Waals surface area contributed by atoms with Crippen molar-refractivity contribution in [3.63, 3.8) is 0 Å². The number of hydrogen-bond donors (Lipinski definition) is 0. The molecule has 0 aliphatic carbocycles. The summed E-state index contributed by atoms with van der Waals surface area (Å²) in [6.45, 7) is 6.19. The summed E-state index contributed by atoms with van der Waals surface area (Å²) in [6, 6.07) is 0. The molecule has 0 unspecified atom stereocenters. The van der Waals surface area contributed by atoms with E-state index < -0.39 is 0 Å². The Labute approximate surface area is 75.3 Å². The van der Waals surface area contributed by atoms with Gasteiger partial charge >= 0.3 is 5.97 Å². The molecular formula is C10H19O2. The van der Waals surface area contributed by atoms with Gasteiger partial charge in [-0.25, -0.2) is 0 Å². The molecule has 0 aliphatic rings. The van der Waals surface area contributed by atoms with Crippen LogP contribution in [-0.2, 0) is 9.53 Å². The molecule has 0 aromatic heterocycles. The predicted molar refractivity (Wildman–Crippen MR) is 49.7 cm³/mol. The molecule has 2 nitrogen and oxygen atoms in total. The summed E-state index contributed by atoms with van der Waals surface area (Å²) in [5.74, 6) is -0.189. The lowest BCUT2D eigenvalue weighted by molar-refractivity contribution is -0.142. The zero-order valence-corrected chi connectivity index (χ0v) is 7.97. The third kappa shape index (κ3) is 7.58. The first-order valence-electron chi connectivity index (χ1n) is 4.76. The molecule has 12 heavy (non-hydrogen) atoms. The molecule has 0 saturated carbocycles. The standard InChI is InChI=1S/C10H19O2/c1-3-5-6-7-8-9-12-10(11)4-2/h2-9H2,1H3. The van der Waals surface area contributed by atoms with Gasteiger partial charge in [0.25, 0.3) is 0 Å². The van der Waals surface area contributed by atoms with Crippen LogP contribution in [0.25, 0.3) is 0 Å². The van der Waals surface area contributed by atoms with Crippen molar-refractivity contribution in [2.45, 2.75) is 45.4 Å². The van der Waals surface area contributed by atoms with E-state index in [1.54, 1.807) is 0 Å². The van der Waals surface area contributed by atoms with Gasteiger partial charge in [0.1, 0.15) is 0 Å². The van der Waals surface area contributed by atoms with Crippen molar-refractivity contribution in [3.05, 3.63) is 6.92 Å². The molecule has 71 valence electrons. The minimum Gasteiger partial charge on any atom is -0.466 e. The molecule has 0 aromatic carbocycles. The number of carbonyl (C=O) groups excluding carboxylic acids is 1. The highest BCUT2D eigenvalue weighted by Gasteiger charge is 1.96. The first-order valence-corrected chi connectivity index (χ1v) is 4.76. The first kappa shape index (κ1) is 11.5. The molecular weight excluding hydrogens is 152 g/mol. The minimum atomic E-state index is -0.189. The molecule has 0 aromatic rings. The highest BCUT2D eigenvalue weighted by Crippen LogP contribution is 2.02. The van der Waals surface area contributed by atoms with E-state index in [0.717, 1.165) is 12.8 Å².